The predicted molar refractivity (Wildman–Crippen MR) is 82.4 cm³/mol. The van der Waals surface area contributed by atoms with Crippen molar-refractivity contribution in [2.24, 2.45) is 0 Å². The molecule has 0 saturated carbocycles. The van der Waals surface area contributed by atoms with Gasteiger partial charge >= 0.3 is 0 Å². The highest BCUT2D eigenvalue weighted by atomic mass is 16.3. The quantitative estimate of drug-likeness (QED) is 0.513. The molecule has 1 aliphatic carbocycles. The van der Waals surface area contributed by atoms with Crippen molar-refractivity contribution in [1.82, 2.24) is 4.90 Å². The number of anilines is 1. The summed E-state index contributed by atoms with van der Waals surface area (Å²) in [6, 6.07) is 7.75. The van der Waals surface area contributed by atoms with Crippen LogP contribution >= 0.6 is 0 Å². The lowest BCUT2D eigenvalue weighted by molar-refractivity contribution is 0.228. The Morgan fingerprint density at radius 2 is 2.00 bits per heavy atom. The third-order valence-corrected chi connectivity index (χ3v) is 4.81. The van der Waals surface area contributed by atoms with Crippen LogP contribution in [-0.4, -0.2) is 28.7 Å². The standard InChI is InChI=1S/C17H18N2O2/c1-19-5-4-10-6-11(18)8-12-15(10)13(19)7-9-2-3-14(20)17(21)16(9)12/h2-3,6,8,13,20-21H,4-5,7,18H2,1H3/t13-/m1/s1. The van der Waals surface area contributed by atoms with Crippen molar-refractivity contribution in [3.05, 3.63) is 41.0 Å². The molecule has 4 N–H and O–H groups in total. The van der Waals surface area contributed by atoms with Gasteiger partial charge in [-0.1, -0.05) is 6.07 Å². The molecule has 0 aromatic heterocycles. The number of hydrogen-bond donors (Lipinski definition) is 3. The molecule has 0 fully saturated rings. The minimum atomic E-state index is -0.0764. The molecule has 1 aliphatic heterocycles. The maximum absolute atomic E-state index is 10.3. The molecule has 21 heavy (non-hydrogen) atoms. The zero-order chi connectivity index (χ0) is 14.7. The summed E-state index contributed by atoms with van der Waals surface area (Å²) in [5, 5.41) is 20.1. The van der Waals surface area contributed by atoms with Crippen LogP contribution in [0.4, 0.5) is 5.69 Å². The number of rotatable bonds is 0. The number of phenolic OH excluding ortho intramolecular Hbond substituents is 2. The first-order chi connectivity index (χ1) is 10.1. The number of nitrogens with zero attached hydrogens (tertiary/aromatic N) is 1. The Balaban J connectivity index is 2.08. The summed E-state index contributed by atoms with van der Waals surface area (Å²) < 4.78 is 0. The monoisotopic (exact) mass is 282 g/mol. The fourth-order valence-electron chi connectivity index (χ4n) is 3.78. The van der Waals surface area contributed by atoms with E-state index in [4.69, 9.17) is 5.73 Å². The molecule has 1 heterocycles. The van der Waals surface area contributed by atoms with Gasteiger partial charge in [-0.15, -0.1) is 0 Å². The molecule has 108 valence electrons. The fourth-order valence-corrected chi connectivity index (χ4v) is 3.78. The van der Waals surface area contributed by atoms with E-state index in [0.29, 0.717) is 11.7 Å². The van der Waals surface area contributed by atoms with E-state index in [0.717, 1.165) is 36.1 Å². The summed E-state index contributed by atoms with van der Waals surface area (Å²) in [5.74, 6) is -0.112. The molecule has 0 radical (unpaired) electrons. The Hall–Kier alpha value is -2.20. The van der Waals surface area contributed by atoms with E-state index < -0.39 is 0 Å². The number of nitrogens with two attached hydrogens (primary N) is 1. The van der Waals surface area contributed by atoms with Gasteiger partial charge in [0.15, 0.2) is 11.5 Å². The summed E-state index contributed by atoms with van der Waals surface area (Å²) in [5.41, 5.74) is 12.1. The smallest absolute Gasteiger partial charge is 0.165 e. The zero-order valence-corrected chi connectivity index (χ0v) is 11.9. The molecule has 2 aliphatic rings. The number of nitrogen functional groups attached to an aromatic ring is 1. The Kier molecular flexibility index (Phi) is 2.48. The average molecular weight is 282 g/mol. The highest BCUT2D eigenvalue weighted by Gasteiger charge is 2.34. The Labute approximate surface area is 123 Å². The van der Waals surface area contributed by atoms with Crippen molar-refractivity contribution in [2.75, 3.05) is 19.3 Å². The molecule has 0 unspecified atom stereocenters. The average Bonchev–Trinajstić information content (AvgIpc) is 2.46. The SMILES string of the molecule is CN1CCc2cc(N)cc3c2[C@H]1Cc1ccc(O)c(O)c1-3. The van der Waals surface area contributed by atoms with Gasteiger partial charge in [-0.05, 0) is 60.3 Å². The number of benzene rings is 2. The predicted octanol–water partition coefficient (Wildman–Crippen LogP) is 2.43. The third kappa shape index (κ3) is 1.66. The van der Waals surface area contributed by atoms with Crippen LogP contribution in [0.1, 0.15) is 22.7 Å². The van der Waals surface area contributed by atoms with Crippen molar-refractivity contribution in [3.63, 3.8) is 0 Å². The highest BCUT2D eigenvalue weighted by molar-refractivity contribution is 5.84. The number of fused-ring (bicyclic) bond motifs is 2. The van der Waals surface area contributed by atoms with Gasteiger partial charge in [0.2, 0.25) is 0 Å². The van der Waals surface area contributed by atoms with Crippen molar-refractivity contribution in [3.8, 4) is 22.6 Å². The van der Waals surface area contributed by atoms with Crippen molar-refractivity contribution >= 4 is 5.69 Å². The second kappa shape index (κ2) is 4.15. The van der Waals surface area contributed by atoms with Gasteiger partial charge in [0.1, 0.15) is 0 Å². The molecule has 0 bridgehead atoms. The minimum absolute atomic E-state index is 0.0352. The van der Waals surface area contributed by atoms with E-state index in [1.165, 1.54) is 11.1 Å². The topological polar surface area (TPSA) is 69.7 Å². The van der Waals surface area contributed by atoms with Crippen LogP contribution in [0.2, 0.25) is 0 Å². The number of hydrogen-bond acceptors (Lipinski definition) is 4. The second-order valence-electron chi connectivity index (χ2n) is 6.06. The van der Waals surface area contributed by atoms with E-state index >= 15 is 0 Å². The van der Waals surface area contributed by atoms with Crippen LogP contribution < -0.4 is 5.73 Å². The Morgan fingerprint density at radius 3 is 2.81 bits per heavy atom. The van der Waals surface area contributed by atoms with Crippen molar-refractivity contribution < 1.29 is 10.2 Å². The first-order valence-corrected chi connectivity index (χ1v) is 7.23. The van der Waals surface area contributed by atoms with Gasteiger partial charge in [-0.3, -0.25) is 4.90 Å². The number of aromatic hydroxyl groups is 2. The number of phenols is 2. The molecule has 1 atom stereocenters. The lowest BCUT2D eigenvalue weighted by Crippen LogP contribution is -2.35. The largest absolute Gasteiger partial charge is 0.504 e. The fraction of sp³-hybridized carbons (Fsp3) is 0.294. The lowest BCUT2D eigenvalue weighted by atomic mass is 9.76. The molecule has 4 rings (SSSR count). The van der Waals surface area contributed by atoms with Crippen LogP contribution in [-0.2, 0) is 12.8 Å². The van der Waals surface area contributed by atoms with Crippen LogP contribution in [0, 0.1) is 0 Å². The first-order valence-electron chi connectivity index (χ1n) is 7.23. The van der Waals surface area contributed by atoms with Gasteiger partial charge in [0.05, 0.1) is 0 Å². The Bertz CT molecular complexity index is 755. The highest BCUT2D eigenvalue weighted by Crippen LogP contribution is 2.50. The summed E-state index contributed by atoms with van der Waals surface area (Å²) in [7, 11) is 2.14. The van der Waals surface area contributed by atoms with Crippen LogP contribution in [0.25, 0.3) is 11.1 Å². The molecule has 2 aromatic rings. The Morgan fingerprint density at radius 1 is 1.19 bits per heavy atom. The van der Waals surface area contributed by atoms with Crippen molar-refractivity contribution in [2.45, 2.75) is 18.9 Å². The molecule has 0 saturated heterocycles. The maximum Gasteiger partial charge on any atom is 0.165 e. The van der Waals surface area contributed by atoms with Gasteiger partial charge in [0, 0.05) is 23.8 Å². The van der Waals surface area contributed by atoms with E-state index in [9.17, 15) is 10.2 Å². The van der Waals surface area contributed by atoms with Crippen molar-refractivity contribution in [1.29, 1.82) is 0 Å². The van der Waals surface area contributed by atoms with Gasteiger partial charge in [-0.2, -0.15) is 0 Å². The molecule has 2 aromatic carbocycles. The van der Waals surface area contributed by atoms with E-state index in [-0.39, 0.29) is 11.5 Å². The molecule has 4 heteroatoms. The van der Waals surface area contributed by atoms with Gasteiger partial charge < -0.3 is 15.9 Å². The lowest BCUT2D eigenvalue weighted by Gasteiger charge is -2.40. The van der Waals surface area contributed by atoms with E-state index in [1.807, 2.05) is 18.2 Å². The molecule has 4 nitrogen and oxygen atoms in total. The summed E-state index contributed by atoms with van der Waals surface area (Å²) in [6.45, 7) is 1.01. The molecule has 0 amide bonds. The van der Waals surface area contributed by atoms with Crippen LogP contribution in [0.15, 0.2) is 24.3 Å². The van der Waals surface area contributed by atoms with Gasteiger partial charge in [-0.25, -0.2) is 0 Å². The minimum Gasteiger partial charge on any atom is -0.504 e. The second-order valence-corrected chi connectivity index (χ2v) is 6.06. The van der Waals surface area contributed by atoms with E-state index in [2.05, 4.69) is 11.9 Å². The summed E-state index contributed by atoms with van der Waals surface area (Å²) in [4.78, 5) is 2.36. The third-order valence-electron chi connectivity index (χ3n) is 4.81. The number of likely N-dealkylation sites (N-methyl/N-ethyl adjacent to an activating group) is 1. The molecular weight excluding hydrogens is 264 g/mol. The zero-order valence-electron chi connectivity index (χ0n) is 11.9. The van der Waals surface area contributed by atoms with Gasteiger partial charge in [0.25, 0.3) is 0 Å². The van der Waals surface area contributed by atoms with Crippen LogP contribution in [0.5, 0.6) is 11.5 Å². The van der Waals surface area contributed by atoms with Crippen LogP contribution in [0.3, 0.4) is 0 Å². The first kappa shape index (κ1) is 12.5. The summed E-state index contributed by atoms with van der Waals surface area (Å²) in [6.07, 6.45) is 1.82. The molecular formula is C17H18N2O2. The summed E-state index contributed by atoms with van der Waals surface area (Å²) >= 11 is 0. The normalized spacial score (nSPS) is 20.0. The van der Waals surface area contributed by atoms with E-state index in [1.54, 1.807) is 6.07 Å². The molecule has 0 spiro atoms. The maximum atomic E-state index is 10.3.